The van der Waals surface area contributed by atoms with Crippen molar-refractivity contribution in [2.24, 2.45) is 5.10 Å². The normalized spacial score (nSPS) is 21.6. The van der Waals surface area contributed by atoms with Crippen LogP contribution in [0.5, 0.6) is 0 Å². The molecule has 0 radical (unpaired) electrons. The molecule has 1 aliphatic heterocycles. The summed E-state index contributed by atoms with van der Waals surface area (Å²) in [6.07, 6.45) is 5.20. The Kier molecular flexibility index (Phi) is 3.80. The summed E-state index contributed by atoms with van der Waals surface area (Å²) in [6, 6.07) is 4.33. The summed E-state index contributed by atoms with van der Waals surface area (Å²) < 4.78 is 5.11. The molecule has 0 aromatic carbocycles. The Morgan fingerprint density at radius 1 is 1.36 bits per heavy atom. The average Bonchev–Trinajstić information content (AvgIpc) is 3.26. The first-order valence-corrected chi connectivity index (χ1v) is 8.45. The minimum absolute atomic E-state index is 0.229. The number of nitrogens with zero attached hydrogens (tertiary/aromatic N) is 3. The van der Waals surface area contributed by atoms with Gasteiger partial charge < -0.3 is 14.4 Å². The van der Waals surface area contributed by atoms with E-state index in [-0.39, 0.29) is 5.91 Å². The smallest absolute Gasteiger partial charge is 0.273 e. The molecule has 1 aliphatic carbocycles. The van der Waals surface area contributed by atoms with Gasteiger partial charge in [-0.05, 0) is 58.0 Å². The van der Waals surface area contributed by atoms with Crippen LogP contribution >= 0.6 is 0 Å². The Bertz CT molecular complexity index is 887. The lowest BCUT2D eigenvalue weighted by molar-refractivity contribution is -0.116. The van der Waals surface area contributed by atoms with Gasteiger partial charge in [0, 0.05) is 23.5 Å². The number of aryl methyl sites for hydroxylation is 2. The van der Waals surface area contributed by atoms with E-state index in [0.717, 1.165) is 25.0 Å². The van der Waals surface area contributed by atoms with Gasteiger partial charge in [-0.2, -0.15) is 5.10 Å². The van der Waals surface area contributed by atoms with Crippen LogP contribution in [-0.4, -0.2) is 40.8 Å². The number of hydrogen-bond donors (Lipinski definition) is 2. The maximum atomic E-state index is 12.2. The van der Waals surface area contributed by atoms with Crippen molar-refractivity contribution in [1.82, 2.24) is 20.5 Å². The molecule has 2 N–H and O–H groups in total. The predicted octanol–water partition coefficient (Wildman–Crippen LogP) is 2.17. The highest BCUT2D eigenvalue weighted by Crippen LogP contribution is 2.34. The van der Waals surface area contributed by atoms with Crippen LogP contribution in [0, 0.1) is 6.92 Å². The predicted molar refractivity (Wildman–Crippen MR) is 94.1 cm³/mol. The fourth-order valence-electron chi connectivity index (χ4n) is 3.58. The molecule has 1 unspecified atom stereocenters. The Morgan fingerprint density at radius 2 is 2.20 bits per heavy atom. The number of rotatable bonds is 3. The molecule has 1 atom stereocenters. The van der Waals surface area contributed by atoms with Crippen LogP contribution in [0.15, 0.2) is 27.3 Å². The molecule has 2 aromatic heterocycles. The van der Waals surface area contributed by atoms with Gasteiger partial charge in [-0.15, -0.1) is 0 Å². The van der Waals surface area contributed by atoms with Crippen LogP contribution in [0.4, 0.5) is 0 Å². The van der Waals surface area contributed by atoms with E-state index in [4.69, 9.17) is 4.52 Å². The molecule has 7 heteroatoms. The summed E-state index contributed by atoms with van der Waals surface area (Å²) in [4.78, 5) is 17.9. The standard InChI is InChI=1S/C18H21N5O2/c1-10-7-15(22-25-10)17-13(18(24)21-20-17)9-11-8-12-14(19-11)5-4-6-16(12)23(2)3/h7-9,16,19H,4-6H2,1-3H3,(H,21,24). The number of carbonyl (C=O) groups is 1. The van der Waals surface area contributed by atoms with E-state index in [0.29, 0.717) is 28.8 Å². The third-order valence-electron chi connectivity index (χ3n) is 4.78. The lowest BCUT2D eigenvalue weighted by atomic mass is 9.92. The molecule has 3 heterocycles. The topological polar surface area (TPSA) is 86.5 Å². The zero-order chi connectivity index (χ0) is 17.6. The van der Waals surface area contributed by atoms with Crippen LogP contribution < -0.4 is 5.43 Å². The first kappa shape index (κ1) is 15.8. The van der Waals surface area contributed by atoms with Gasteiger partial charge in [0.2, 0.25) is 0 Å². The summed E-state index contributed by atoms with van der Waals surface area (Å²) in [5, 5.41) is 8.08. The molecule has 4 rings (SSSR count). The Labute approximate surface area is 145 Å². The zero-order valence-corrected chi connectivity index (χ0v) is 14.6. The lowest BCUT2D eigenvalue weighted by Gasteiger charge is -2.28. The molecule has 1 amide bonds. The van der Waals surface area contributed by atoms with E-state index in [1.165, 1.54) is 11.3 Å². The maximum absolute atomic E-state index is 12.2. The van der Waals surface area contributed by atoms with Gasteiger partial charge in [0.25, 0.3) is 5.91 Å². The number of nitrogens with one attached hydrogen (secondary N) is 2. The second-order valence-electron chi connectivity index (χ2n) is 6.81. The van der Waals surface area contributed by atoms with E-state index in [1.54, 1.807) is 6.07 Å². The highest BCUT2D eigenvalue weighted by molar-refractivity contribution is 6.32. The van der Waals surface area contributed by atoms with Crippen molar-refractivity contribution in [3.05, 3.63) is 46.1 Å². The van der Waals surface area contributed by atoms with Crippen LogP contribution in [0.1, 0.15) is 47.3 Å². The third-order valence-corrected chi connectivity index (χ3v) is 4.78. The Balaban J connectivity index is 1.70. The Hall–Kier alpha value is -2.67. The van der Waals surface area contributed by atoms with Crippen molar-refractivity contribution >= 4 is 17.7 Å². The van der Waals surface area contributed by atoms with Crippen molar-refractivity contribution < 1.29 is 9.32 Å². The lowest BCUT2D eigenvalue weighted by Crippen LogP contribution is -2.23. The summed E-state index contributed by atoms with van der Waals surface area (Å²) in [5.74, 6) is 0.452. The molecular formula is C18H21N5O2. The molecule has 2 aliphatic rings. The van der Waals surface area contributed by atoms with Crippen molar-refractivity contribution in [2.75, 3.05) is 14.1 Å². The minimum Gasteiger partial charge on any atom is -0.361 e. The van der Waals surface area contributed by atoms with E-state index < -0.39 is 0 Å². The van der Waals surface area contributed by atoms with Crippen molar-refractivity contribution in [3.63, 3.8) is 0 Å². The third kappa shape index (κ3) is 2.80. The first-order chi connectivity index (χ1) is 12.0. The molecule has 0 fully saturated rings. The van der Waals surface area contributed by atoms with Crippen molar-refractivity contribution in [2.45, 2.75) is 32.2 Å². The van der Waals surface area contributed by atoms with Crippen LogP contribution in [0.2, 0.25) is 0 Å². The van der Waals surface area contributed by atoms with E-state index >= 15 is 0 Å². The molecular weight excluding hydrogens is 318 g/mol. The summed E-state index contributed by atoms with van der Waals surface area (Å²) in [6.45, 7) is 1.81. The minimum atomic E-state index is -0.229. The largest absolute Gasteiger partial charge is 0.361 e. The fourth-order valence-corrected chi connectivity index (χ4v) is 3.58. The van der Waals surface area contributed by atoms with Gasteiger partial charge in [0.15, 0.2) is 0 Å². The number of H-pyrrole nitrogens is 1. The van der Waals surface area contributed by atoms with E-state index in [2.05, 4.69) is 45.7 Å². The molecule has 0 saturated heterocycles. The summed E-state index contributed by atoms with van der Waals surface area (Å²) >= 11 is 0. The molecule has 7 nitrogen and oxygen atoms in total. The number of amides is 1. The zero-order valence-electron chi connectivity index (χ0n) is 14.6. The number of carbonyl (C=O) groups excluding carboxylic acids is 1. The molecule has 0 spiro atoms. The number of fused-ring (bicyclic) bond motifs is 1. The monoisotopic (exact) mass is 339 g/mol. The maximum Gasteiger partial charge on any atom is 0.273 e. The molecule has 0 bridgehead atoms. The molecule has 25 heavy (non-hydrogen) atoms. The van der Waals surface area contributed by atoms with E-state index in [9.17, 15) is 4.79 Å². The highest BCUT2D eigenvalue weighted by atomic mass is 16.5. The van der Waals surface area contributed by atoms with Crippen LogP contribution in [0.25, 0.3) is 6.08 Å². The number of aromatic amines is 1. The highest BCUT2D eigenvalue weighted by Gasteiger charge is 2.28. The van der Waals surface area contributed by atoms with Crippen molar-refractivity contribution in [3.8, 4) is 0 Å². The van der Waals surface area contributed by atoms with Gasteiger partial charge in [-0.25, -0.2) is 5.43 Å². The summed E-state index contributed by atoms with van der Waals surface area (Å²) in [5.41, 5.74) is 7.57. The average molecular weight is 339 g/mol. The quantitative estimate of drug-likeness (QED) is 0.839. The van der Waals surface area contributed by atoms with Gasteiger partial charge in [-0.1, -0.05) is 5.16 Å². The number of aromatic nitrogens is 2. The fraction of sp³-hybridized carbons (Fsp3) is 0.389. The van der Waals surface area contributed by atoms with Gasteiger partial charge in [-0.3, -0.25) is 4.79 Å². The van der Waals surface area contributed by atoms with Gasteiger partial charge in [0.1, 0.15) is 17.2 Å². The first-order valence-electron chi connectivity index (χ1n) is 8.45. The Morgan fingerprint density at radius 3 is 2.92 bits per heavy atom. The van der Waals surface area contributed by atoms with Gasteiger partial charge >= 0.3 is 0 Å². The molecule has 0 saturated carbocycles. The number of hydrogen-bond acceptors (Lipinski definition) is 5. The van der Waals surface area contributed by atoms with Gasteiger partial charge in [0.05, 0.1) is 5.57 Å². The molecule has 2 aromatic rings. The number of hydrazone groups is 1. The SMILES string of the molecule is Cc1cc(C2=NNC(=O)C2=Cc2cc3c([nH]2)CCCC3N(C)C)no1. The van der Waals surface area contributed by atoms with E-state index in [1.807, 2.05) is 13.0 Å². The van der Waals surface area contributed by atoms with Crippen molar-refractivity contribution in [1.29, 1.82) is 0 Å². The molecule has 130 valence electrons. The van der Waals surface area contributed by atoms with Crippen LogP contribution in [0.3, 0.4) is 0 Å². The second-order valence-corrected chi connectivity index (χ2v) is 6.81. The van der Waals surface area contributed by atoms with Crippen LogP contribution in [-0.2, 0) is 11.2 Å². The second kappa shape index (κ2) is 6.00. The summed E-state index contributed by atoms with van der Waals surface area (Å²) in [7, 11) is 4.21.